The van der Waals surface area contributed by atoms with Gasteiger partial charge < -0.3 is 21.3 Å². The number of aryl methyl sites for hydroxylation is 1. The number of nitrogens with two attached hydrogens (primary N) is 1. The Balaban J connectivity index is 1.92. The first-order chi connectivity index (χ1) is 12.5. The molecule has 0 aromatic heterocycles. The number of nitrogen functional groups attached to an aromatic ring is 1. The molecule has 0 radical (unpaired) electrons. The molecule has 1 saturated heterocycles. The molecule has 1 aliphatic heterocycles. The second-order valence-electron chi connectivity index (χ2n) is 6.69. The van der Waals surface area contributed by atoms with Crippen molar-refractivity contribution in [3.63, 3.8) is 0 Å². The molecular weight excluding hydrogens is 331 g/mol. The predicted octanol–water partition coefficient (Wildman–Crippen LogP) is 3.81. The van der Waals surface area contributed by atoms with Gasteiger partial charge >= 0.3 is 0 Å². The van der Waals surface area contributed by atoms with E-state index in [9.17, 15) is 9.18 Å². The zero-order valence-electron chi connectivity index (χ0n) is 15.2. The van der Waals surface area contributed by atoms with Gasteiger partial charge in [0, 0.05) is 25.8 Å². The van der Waals surface area contributed by atoms with Crippen molar-refractivity contribution in [3.05, 3.63) is 47.5 Å². The summed E-state index contributed by atoms with van der Waals surface area (Å²) in [7, 11) is 1.79. The van der Waals surface area contributed by atoms with E-state index < -0.39 is 6.17 Å². The summed E-state index contributed by atoms with van der Waals surface area (Å²) in [6.45, 7) is 3.16. The van der Waals surface area contributed by atoms with Gasteiger partial charge in [-0.15, -0.1) is 0 Å². The summed E-state index contributed by atoms with van der Waals surface area (Å²) in [5.74, 6) is -0.222. The number of amides is 1. The van der Waals surface area contributed by atoms with Crippen LogP contribution in [0.15, 0.2) is 36.4 Å². The van der Waals surface area contributed by atoms with Crippen LogP contribution in [0.2, 0.25) is 0 Å². The number of carbonyl (C=O) groups is 1. The van der Waals surface area contributed by atoms with Crippen LogP contribution in [0.3, 0.4) is 0 Å². The number of alkyl halides is 1. The number of anilines is 4. The zero-order chi connectivity index (χ0) is 18.7. The van der Waals surface area contributed by atoms with Crippen LogP contribution in [0.25, 0.3) is 0 Å². The highest BCUT2D eigenvalue weighted by Crippen LogP contribution is 2.32. The predicted molar refractivity (Wildman–Crippen MR) is 106 cm³/mol. The third kappa shape index (κ3) is 3.90. The third-order valence-corrected chi connectivity index (χ3v) is 4.76. The Morgan fingerprint density at radius 2 is 1.85 bits per heavy atom. The Morgan fingerprint density at radius 3 is 2.46 bits per heavy atom. The highest BCUT2D eigenvalue weighted by Gasteiger charge is 2.24. The van der Waals surface area contributed by atoms with E-state index in [4.69, 9.17) is 5.73 Å². The Hall–Kier alpha value is -2.76. The van der Waals surface area contributed by atoms with Crippen molar-refractivity contribution in [2.75, 3.05) is 41.4 Å². The summed E-state index contributed by atoms with van der Waals surface area (Å²) in [5.41, 5.74) is 10.5. The van der Waals surface area contributed by atoms with Crippen molar-refractivity contribution in [3.8, 4) is 0 Å². The molecule has 0 spiro atoms. The van der Waals surface area contributed by atoms with E-state index in [1.807, 2.05) is 37.3 Å². The van der Waals surface area contributed by atoms with Crippen LogP contribution in [0.1, 0.15) is 28.8 Å². The number of carbonyl (C=O) groups excluding carboxylic acids is 1. The molecule has 0 saturated carbocycles. The summed E-state index contributed by atoms with van der Waals surface area (Å²) in [6, 6.07) is 11.2. The maximum Gasteiger partial charge on any atom is 0.257 e. The molecule has 1 aliphatic rings. The van der Waals surface area contributed by atoms with Gasteiger partial charge in [-0.25, -0.2) is 4.39 Å². The fraction of sp³-hybridized carbons (Fsp3) is 0.350. The molecule has 0 bridgehead atoms. The Morgan fingerprint density at radius 1 is 1.19 bits per heavy atom. The van der Waals surface area contributed by atoms with E-state index in [0.29, 0.717) is 37.2 Å². The Labute approximate surface area is 153 Å². The first kappa shape index (κ1) is 18.0. The number of nitrogens with one attached hydrogen (secondary N) is 2. The molecule has 1 amide bonds. The van der Waals surface area contributed by atoms with Crippen LogP contribution in [-0.4, -0.2) is 32.2 Å². The van der Waals surface area contributed by atoms with Crippen LogP contribution < -0.4 is 21.3 Å². The fourth-order valence-corrected chi connectivity index (χ4v) is 3.19. The maximum absolute atomic E-state index is 13.5. The Bertz CT molecular complexity index is 783. The normalized spacial score (nSPS) is 15.0. The summed E-state index contributed by atoms with van der Waals surface area (Å²) < 4.78 is 13.5. The minimum Gasteiger partial charge on any atom is -0.397 e. The monoisotopic (exact) mass is 356 g/mol. The fourth-order valence-electron chi connectivity index (χ4n) is 3.19. The van der Waals surface area contributed by atoms with Gasteiger partial charge in [-0.3, -0.25) is 4.79 Å². The summed E-state index contributed by atoms with van der Waals surface area (Å²) in [5, 5.41) is 5.97. The van der Waals surface area contributed by atoms with Crippen LogP contribution in [0.4, 0.5) is 27.1 Å². The molecule has 1 heterocycles. The minimum atomic E-state index is -0.770. The van der Waals surface area contributed by atoms with Crippen molar-refractivity contribution in [2.45, 2.75) is 25.9 Å². The first-order valence-electron chi connectivity index (χ1n) is 8.86. The molecule has 5 nitrogen and oxygen atoms in total. The van der Waals surface area contributed by atoms with Crippen molar-refractivity contribution >= 4 is 28.7 Å². The third-order valence-electron chi connectivity index (χ3n) is 4.76. The largest absolute Gasteiger partial charge is 0.397 e. The van der Waals surface area contributed by atoms with Gasteiger partial charge in [-0.1, -0.05) is 17.7 Å². The minimum absolute atomic E-state index is 0.222. The molecule has 4 N–H and O–H groups in total. The molecule has 1 fully saturated rings. The van der Waals surface area contributed by atoms with Gasteiger partial charge in [0.15, 0.2) is 0 Å². The van der Waals surface area contributed by atoms with Crippen LogP contribution >= 0.6 is 0 Å². The molecule has 2 aromatic carbocycles. The van der Waals surface area contributed by atoms with Gasteiger partial charge in [0.1, 0.15) is 6.17 Å². The van der Waals surface area contributed by atoms with Gasteiger partial charge in [-0.2, -0.15) is 0 Å². The molecule has 2 aromatic rings. The van der Waals surface area contributed by atoms with E-state index in [2.05, 4.69) is 15.5 Å². The average Bonchev–Trinajstić information content (AvgIpc) is 2.64. The molecule has 0 aliphatic carbocycles. The lowest BCUT2D eigenvalue weighted by atomic mass is 10.0. The number of hydrogen-bond acceptors (Lipinski definition) is 4. The summed E-state index contributed by atoms with van der Waals surface area (Å²) in [4.78, 5) is 14.9. The smallest absolute Gasteiger partial charge is 0.257 e. The summed E-state index contributed by atoms with van der Waals surface area (Å²) in [6.07, 6.45) is 0.171. The Kier molecular flexibility index (Phi) is 5.30. The number of halogens is 1. The van der Waals surface area contributed by atoms with Crippen molar-refractivity contribution in [1.29, 1.82) is 0 Å². The highest BCUT2D eigenvalue weighted by molar-refractivity contribution is 6.09. The standard InChI is InChI=1S/C20H25FN4O/c1-13-3-5-15(6-4-13)24-20(26)16-11-17(22)18(23-2)12-19(16)25-9-7-14(21)8-10-25/h3-6,11-12,14,23H,7-10,22H2,1-2H3,(H,24,26). The zero-order valence-corrected chi connectivity index (χ0v) is 15.2. The molecule has 26 heavy (non-hydrogen) atoms. The van der Waals surface area contributed by atoms with Gasteiger partial charge in [0.2, 0.25) is 0 Å². The number of rotatable bonds is 4. The highest BCUT2D eigenvalue weighted by atomic mass is 19.1. The molecule has 3 rings (SSSR count). The van der Waals surface area contributed by atoms with Crippen molar-refractivity contribution in [1.82, 2.24) is 0 Å². The van der Waals surface area contributed by atoms with E-state index in [-0.39, 0.29) is 5.91 Å². The van der Waals surface area contributed by atoms with Crippen LogP contribution in [0, 0.1) is 6.92 Å². The van der Waals surface area contributed by atoms with Gasteiger partial charge in [0.05, 0.1) is 22.6 Å². The van der Waals surface area contributed by atoms with Crippen LogP contribution in [0.5, 0.6) is 0 Å². The van der Waals surface area contributed by atoms with E-state index in [0.717, 1.165) is 22.6 Å². The van der Waals surface area contributed by atoms with Gasteiger partial charge in [-0.05, 0) is 44.0 Å². The molecule has 138 valence electrons. The number of hydrogen-bond donors (Lipinski definition) is 3. The number of piperidine rings is 1. The lowest BCUT2D eigenvalue weighted by molar-refractivity contribution is 0.102. The topological polar surface area (TPSA) is 70.4 Å². The second kappa shape index (κ2) is 7.64. The van der Waals surface area contributed by atoms with E-state index in [1.165, 1.54) is 0 Å². The lowest BCUT2D eigenvalue weighted by Gasteiger charge is -2.32. The van der Waals surface area contributed by atoms with Crippen LogP contribution in [-0.2, 0) is 0 Å². The summed E-state index contributed by atoms with van der Waals surface area (Å²) >= 11 is 0. The molecule has 6 heteroatoms. The molecule has 0 unspecified atom stereocenters. The SMILES string of the molecule is CNc1cc(N2CCC(F)CC2)c(C(=O)Nc2ccc(C)cc2)cc1N. The number of nitrogens with zero attached hydrogens (tertiary/aromatic N) is 1. The first-order valence-corrected chi connectivity index (χ1v) is 8.86. The molecule has 0 atom stereocenters. The lowest BCUT2D eigenvalue weighted by Crippen LogP contribution is -2.35. The number of benzene rings is 2. The van der Waals surface area contributed by atoms with E-state index in [1.54, 1.807) is 13.1 Å². The van der Waals surface area contributed by atoms with Gasteiger partial charge in [0.25, 0.3) is 5.91 Å². The average molecular weight is 356 g/mol. The van der Waals surface area contributed by atoms with Crippen molar-refractivity contribution < 1.29 is 9.18 Å². The maximum atomic E-state index is 13.5. The van der Waals surface area contributed by atoms with E-state index >= 15 is 0 Å². The quantitative estimate of drug-likeness (QED) is 0.729. The van der Waals surface area contributed by atoms with Crippen molar-refractivity contribution in [2.24, 2.45) is 0 Å². The molecular formula is C20H25FN4O. The second-order valence-corrected chi connectivity index (χ2v) is 6.69.